The van der Waals surface area contributed by atoms with Crippen molar-refractivity contribution in [1.29, 1.82) is 5.26 Å². The van der Waals surface area contributed by atoms with Crippen molar-refractivity contribution in [1.82, 2.24) is 9.55 Å². The standard InChI is InChI=1S/C16H13N3/c1-11-6-7-14(8-12(11)2)19-10-18-16-13(9-17)4-3-5-15(16)19/h3-8,10H,1-2H3. The predicted octanol–water partition coefficient (Wildman–Crippen LogP) is 3.51. The Labute approximate surface area is 111 Å². The molecule has 0 saturated heterocycles. The van der Waals surface area contributed by atoms with Gasteiger partial charge in [0.1, 0.15) is 17.9 Å². The summed E-state index contributed by atoms with van der Waals surface area (Å²) in [6.07, 6.45) is 1.77. The average molecular weight is 247 g/mol. The molecule has 3 nitrogen and oxygen atoms in total. The van der Waals surface area contributed by atoms with E-state index in [-0.39, 0.29) is 0 Å². The summed E-state index contributed by atoms with van der Waals surface area (Å²) < 4.78 is 2.02. The summed E-state index contributed by atoms with van der Waals surface area (Å²) in [5, 5.41) is 9.10. The fourth-order valence-electron chi connectivity index (χ4n) is 2.21. The Balaban J connectivity index is 2.26. The second-order valence-electron chi connectivity index (χ2n) is 4.67. The van der Waals surface area contributed by atoms with Gasteiger partial charge in [0.05, 0.1) is 11.1 Å². The quantitative estimate of drug-likeness (QED) is 0.660. The maximum Gasteiger partial charge on any atom is 0.107 e. The molecule has 0 spiro atoms. The molecule has 0 radical (unpaired) electrons. The Hall–Kier alpha value is -2.60. The van der Waals surface area contributed by atoms with Crippen LogP contribution >= 0.6 is 0 Å². The van der Waals surface area contributed by atoms with E-state index in [0.29, 0.717) is 5.56 Å². The topological polar surface area (TPSA) is 41.6 Å². The van der Waals surface area contributed by atoms with E-state index in [1.807, 2.05) is 16.7 Å². The van der Waals surface area contributed by atoms with Crippen molar-refractivity contribution >= 4 is 11.0 Å². The van der Waals surface area contributed by atoms with Crippen LogP contribution in [0, 0.1) is 25.2 Å². The summed E-state index contributed by atoms with van der Waals surface area (Å²) in [6.45, 7) is 4.19. The number of aromatic nitrogens is 2. The molecule has 2 aromatic carbocycles. The van der Waals surface area contributed by atoms with E-state index in [4.69, 9.17) is 5.26 Å². The minimum absolute atomic E-state index is 0.611. The van der Waals surface area contributed by atoms with Gasteiger partial charge >= 0.3 is 0 Å². The Morgan fingerprint density at radius 3 is 2.68 bits per heavy atom. The summed E-state index contributed by atoms with van der Waals surface area (Å²) >= 11 is 0. The van der Waals surface area contributed by atoms with Gasteiger partial charge in [-0.1, -0.05) is 12.1 Å². The van der Waals surface area contributed by atoms with Crippen LogP contribution < -0.4 is 0 Å². The first-order valence-electron chi connectivity index (χ1n) is 6.14. The predicted molar refractivity (Wildman–Crippen MR) is 75.3 cm³/mol. The maximum atomic E-state index is 9.10. The normalized spacial score (nSPS) is 10.6. The first-order valence-corrected chi connectivity index (χ1v) is 6.14. The van der Waals surface area contributed by atoms with Crippen LogP contribution in [0.5, 0.6) is 0 Å². The zero-order valence-electron chi connectivity index (χ0n) is 10.9. The molecule has 0 bridgehead atoms. The van der Waals surface area contributed by atoms with Gasteiger partial charge in [0.25, 0.3) is 0 Å². The molecule has 0 fully saturated rings. The third kappa shape index (κ3) is 1.78. The summed E-state index contributed by atoms with van der Waals surface area (Å²) in [5.74, 6) is 0. The number of hydrogen-bond acceptors (Lipinski definition) is 2. The fraction of sp³-hybridized carbons (Fsp3) is 0.125. The highest BCUT2D eigenvalue weighted by molar-refractivity contribution is 5.83. The number of nitrogens with zero attached hydrogens (tertiary/aromatic N) is 3. The van der Waals surface area contributed by atoms with Crippen molar-refractivity contribution < 1.29 is 0 Å². The number of fused-ring (bicyclic) bond motifs is 1. The van der Waals surface area contributed by atoms with Gasteiger partial charge in [-0.15, -0.1) is 0 Å². The van der Waals surface area contributed by atoms with Gasteiger partial charge < -0.3 is 0 Å². The van der Waals surface area contributed by atoms with Crippen molar-refractivity contribution in [2.45, 2.75) is 13.8 Å². The van der Waals surface area contributed by atoms with Crippen LogP contribution in [0.25, 0.3) is 16.7 Å². The van der Waals surface area contributed by atoms with Crippen LogP contribution in [-0.4, -0.2) is 9.55 Å². The van der Waals surface area contributed by atoms with Crippen molar-refractivity contribution in [3.05, 3.63) is 59.4 Å². The Morgan fingerprint density at radius 1 is 1.11 bits per heavy atom. The van der Waals surface area contributed by atoms with Gasteiger partial charge in [-0.05, 0) is 49.2 Å². The number of rotatable bonds is 1. The molecule has 0 atom stereocenters. The lowest BCUT2D eigenvalue weighted by Gasteiger charge is -2.07. The molecular formula is C16H13N3. The molecule has 0 amide bonds. The third-order valence-corrected chi connectivity index (χ3v) is 3.47. The third-order valence-electron chi connectivity index (χ3n) is 3.47. The van der Waals surface area contributed by atoms with Crippen LogP contribution in [0.1, 0.15) is 16.7 Å². The van der Waals surface area contributed by atoms with Gasteiger partial charge in [-0.2, -0.15) is 5.26 Å². The number of para-hydroxylation sites is 1. The molecule has 0 saturated carbocycles. The molecular weight excluding hydrogens is 234 g/mol. The highest BCUT2D eigenvalue weighted by atomic mass is 15.0. The van der Waals surface area contributed by atoms with Gasteiger partial charge in [0, 0.05) is 5.69 Å². The molecule has 0 aliphatic rings. The number of imidazole rings is 1. The van der Waals surface area contributed by atoms with E-state index in [0.717, 1.165) is 16.7 Å². The Kier molecular flexibility index (Phi) is 2.57. The van der Waals surface area contributed by atoms with Crippen molar-refractivity contribution in [3.8, 4) is 11.8 Å². The molecule has 3 rings (SSSR count). The second-order valence-corrected chi connectivity index (χ2v) is 4.67. The average Bonchev–Trinajstić information content (AvgIpc) is 2.85. The molecule has 0 unspecified atom stereocenters. The highest BCUT2D eigenvalue weighted by Crippen LogP contribution is 2.22. The maximum absolute atomic E-state index is 9.10. The summed E-state index contributed by atoms with van der Waals surface area (Å²) in [7, 11) is 0. The molecule has 3 heteroatoms. The number of nitriles is 1. The molecule has 0 aliphatic heterocycles. The van der Waals surface area contributed by atoms with E-state index in [1.165, 1.54) is 11.1 Å². The largest absolute Gasteiger partial charge is 0.299 e. The van der Waals surface area contributed by atoms with Crippen molar-refractivity contribution in [2.75, 3.05) is 0 Å². The number of benzene rings is 2. The van der Waals surface area contributed by atoms with E-state index in [2.05, 4.69) is 43.1 Å². The number of aryl methyl sites for hydroxylation is 2. The van der Waals surface area contributed by atoms with Gasteiger partial charge in [0.2, 0.25) is 0 Å². The smallest absolute Gasteiger partial charge is 0.107 e. The molecule has 19 heavy (non-hydrogen) atoms. The van der Waals surface area contributed by atoms with E-state index >= 15 is 0 Å². The fourth-order valence-corrected chi connectivity index (χ4v) is 2.21. The Bertz CT molecular complexity index is 806. The van der Waals surface area contributed by atoms with Crippen LogP contribution in [-0.2, 0) is 0 Å². The minimum Gasteiger partial charge on any atom is -0.299 e. The van der Waals surface area contributed by atoms with Crippen LogP contribution in [0.2, 0.25) is 0 Å². The minimum atomic E-state index is 0.611. The van der Waals surface area contributed by atoms with Crippen LogP contribution in [0.3, 0.4) is 0 Å². The van der Waals surface area contributed by atoms with E-state index in [9.17, 15) is 0 Å². The van der Waals surface area contributed by atoms with Crippen molar-refractivity contribution in [2.24, 2.45) is 0 Å². The number of hydrogen-bond donors (Lipinski definition) is 0. The van der Waals surface area contributed by atoms with Crippen LogP contribution in [0.15, 0.2) is 42.7 Å². The monoisotopic (exact) mass is 247 g/mol. The molecule has 0 aliphatic carbocycles. The lowest BCUT2D eigenvalue weighted by atomic mass is 10.1. The van der Waals surface area contributed by atoms with Gasteiger partial charge in [-0.3, -0.25) is 4.57 Å². The summed E-state index contributed by atoms with van der Waals surface area (Å²) in [4.78, 5) is 4.36. The molecule has 3 aromatic rings. The zero-order chi connectivity index (χ0) is 13.4. The SMILES string of the molecule is Cc1ccc(-n2cnc3c(C#N)cccc32)cc1C. The first kappa shape index (κ1) is 11.5. The Morgan fingerprint density at radius 2 is 1.95 bits per heavy atom. The molecule has 0 N–H and O–H groups in total. The van der Waals surface area contributed by atoms with Gasteiger partial charge in [0.15, 0.2) is 0 Å². The van der Waals surface area contributed by atoms with Crippen LogP contribution in [0.4, 0.5) is 0 Å². The van der Waals surface area contributed by atoms with Gasteiger partial charge in [-0.25, -0.2) is 4.98 Å². The van der Waals surface area contributed by atoms with Crippen molar-refractivity contribution in [3.63, 3.8) is 0 Å². The molecule has 1 aromatic heterocycles. The lowest BCUT2D eigenvalue weighted by Crippen LogP contribution is -1.93. The summed E-state index contributed by atoms with van der Waals surface area (Å²) in [5.41, 5.74) is 5.91. The molecule has 1 heterocycles. The summed E-state index contributed by atoms with van der Waals surface area (Å²) in [6, 6.07) is 14.2. The van der Waals surface area contributed by atoms with E-state index < -0.39 is 0 Å². The molecule has 92 valence electrons. The lowest BCUT2D eigenvalue weighted by molar-refractivity contribution is 1.08. The highest BCUT2D eigenvalue weighted by Gasteiger charge is 2.08. The zero-order valence-corrected chi connectivity index (χ0v) is 10.9. The first-order chi connectivity index (χ1) is 9.20. The van der Waals surface area contributed by atoms with E-state index in [1.54, 1.807) is 12.4 Å². The second kappa shape index (κ2) is 4.25.